The number of carbonyl (C=O) groups is 2. The molecule has 12 heteroatoms. The summed E-state index contributed by atoms with van der Waals surface area (Å²) in [6.45, 7) is 32.5. The van der Waals surface area contributed by atoms with E-state index in [0.29, 0.717) is 23.4 Å². The Morgan fingerprint density at radius 1 is 0.882 bits per heavy atom. The minimum atomic E-state index is -3.25. The van der Waals surface area contributed by atoms with E-state index in [-0.39, 0.29) is 12.6 Å². The molecule has 0 spiro atoms. The zero-order chi connectivity index (χ0) is 27.0. The van der Waals surface area contributed by atoms with Crippen LogP contribution in [0.1, 0.15) is 20.8 Å². The fourth-order valence-electron chi connectivity index (χ4n) is 4.03. The highest BCUT2D eigenvalue weighted by Crippen LogP contribution is 2.47. The van der Waals surface area contributed by atoms with Crippen molar-refractivity contribution in [1.29, 1.82) is 0 Å². The van der Waals surface area contributed by atoms with Gasteiger partial charge in [0.2, 0.25) is 0 Å². The molecule has 1 rings (SSSR count). The lowest BCUT2D eigenvalue weighted by molar-refractivity contribution is -0.145. The summed E-state index contributed by atoms with van der Waals surface area (Å²) in [5.74, 6) is -0.835. The lowest BCUT2D eigenvalue weighted by atomic mass is 10.1. The molecular formula is C22H46O7Si5. The zero-order valence-electron chi connectivity index (χ0n) is 23.4. The van der Waals surface area contributed by atoms with E-state index in [2.05, 4.69) is 72.1 Å². The minimum Gasteiger partial charge on any atom is -0.466 e. The second-order valence-electron chi connectivity index (χ2n) is 12.6. The summed E-state index contributed by atoms with van der Waals surface area (Å²) in [5, 5.41) is 0. The fraction of sp³-hybridized carbons (Fsp3) is 0.727. The summed E-state index contributed by atoms with van der Waals surface area (Å²) in [7, 11) is -12.2. The summed E-state index contributed by atoms with van der Waals surface area (Å²) >= 11 is 0. The maximum absolute atomic E-state index is 12.4. The number of hydrogen-bond donors (Lipinski definition) is 0. The van der Waals surface area contributed by atoms with Crippen LogP contribution in [-0.4, -0.2) is 70.0 Å². The predicted octanol–water partition coefficient (Wildman–Crippen LogP) is 5.14. The fourth-order valence-corrected chi connectivity index (χ4v) is 47.4. The van der Waals surface area contributed by atoms with Gasteiger partial charge in [0.25, 0.3) is 0 Å². The Bertz CT molecular complexity index is 814. The van der Waals surface area contributed by atoms with Crippen LogP contribution in [0.5, 0.6) is 0 Å². The minimum absolute atomic E-state index is 0.0685. The van der Waals surface area contributed by atoms with E-state index in [9.17, 15) is 9.59 Å². The summed E-state index contributed by atoms with van der Waals surface area (Å²) in [4.78, 5) is 24.6. The first-order chi connectivity index (χ1) is 15.0. The van der Waals surface area contributed by atoms with Gasteiger partial charge in [-0.3, -0.25) is 0 Å². The zero-order valence-corrected chi connectivity index (χ0v) is 28.4. The quantitative estimate of drug-likeness (QED) is 0.207. The maximum atomic E-state index is 12.4. The van der Waals surface area contributed by atoms with Gasteiger partial charge in [-0.25, -0.2) is 9.59 Å². The molecule has 1 aliphatic rings. The molecule has 1 heterocycles. The smallest absolute Gasteiger partial charge is 0.447 e. The number of ether oxygens (including phenoxy) is 2. The van der Waals surface area contributed by atoms with Crippen LogP contribution >= 0.6 is 0 Å². The van der Waals surface area contributed by atoms with Gasteiger partial charge < -0.3 is 22.1 Å². The summed E-state index contributed by atoms with van der Waals surface area (Å²) < 4.78 is 32.4. The molecule has 0 saturated carbocycles. The molecule has 1 saturated heterocycles. The van der Waals surface area contributed by atoms with Gasteiger partial charge in [0, 0.05) is 11.1 Å². The Balaban J connectivity index is 3.66. The molecule has 2 atom stereocenters. The average Bonchev–Trinajstić information content (AvgIpc) is 2.59. The van der Waals surface area contributed by atoms with Crippen LogP contribution in [-0.2, 0) is 31.7 Å². The van der Waals surface area contributed by atoms with E-state index in [0.717, 1.165) is 0 Å². The van der Waals surface area contributed by atoms with Gasteiger partial charge in [-0.05, 0) is 66.1 Å². The highest BCUT2D eigenvalue weighted by Gasteiger charge is 2.73. The van der Waals surface area contributed by atoms with E-state index in [1.165, 1.54) is 0 Å². The van der Waals surface area contributed by atoms with E-state index in [4.69, 9.17) is 22.1 Å². The van der Waals surface area contributed by atoms with Gasteiger partial charge in [0.15, 0.2) is 16.6 Å². The molecule has 1 fully saturated rings. The normalized spacial score (nSPS) is 26.5. The third kappa shape index (κ3) is 7.69. The number of rotatable bonds is 10. The molecule has 1 aliphatic heterocycles. The lowest BCUT2D eigenvalue weighted by Gasteiger charge is -2.60. The van der Waals surface area contributed by atoms with Crippen LogP contribution in [0, 0.1) is 0 Å². The van der Waals surface area contributed by atoms with Gasteiger partial charge in [0.1, 0.15) is 13.7 Å². The van der Waals surface area contributed by atoms with Crippen molar-refractivity contribution in [2.45, 2.75) is 91.3 Å². The molecule has 0 amide bonds. The van der Waals surface area contributed by atoms with Crippen LogP contribution < -0.4 is 0 Å². The Labute approximate surface area is 211 Å². The largest absolute Gasteiger partial charge is 0.466 e. The van der Waals surface area contributed by atoms with Crippen molar-refractivity contribution in [2.24, 2.45) is 0 Å². The predicted molar refractivity (Wildman–Crippen MR) is 150 cm³/mol. The van der Waals surface area contributed by atoms with E-state index < -0.39 is 51.2 Å². The molecule has 0 aromatic carbocycles. The highest BCUT2D eigenvalue weighted by molar-refractivity contribution is 7.66. The third-order valence-corrected chi connectivity index (χ3v) is 45.6. The van der Waals surface area contributed by atoms with Crippen LogP contribution in [0.4, 0.5) is 0 Å². The molecule has 2 unspecified atom stereocenters. The summed E-state index contributed by atoms with van der Waals surface area (Å²) in [6, 6.07) is 0.672. The topological polar surface area (TPSA) is 80.3 Å². The van der Waals surface area contributed by atoms with Crippen LogP contribution in [0.25, 0.3) is 0 Å². The van der Waals surface area contributed by atoms with Gasteiger partial charge in [0.05, 0.1) is 19.4 Å². The summed E-state index contributed by atoms with van der Waals surface area (Å²) in [5.41, 5.74) is -0.0948. The Morgan fingerprint density at radius 3 is 1.68 bits per heavy atom. The lowest BCUT2D eigenvalue weighted by Crippen LogP contribution is -2.87. The van der Waals surface area contributed by atoms with Crippen molar-refractivity contribution < 1.29 is 31.7 Å². The molecule has 0 N–H and O–H groups in total. The standard InChI is InChI=1S/C22H46O7Si5/c1-18(2)20(23)25-15-22(5)16-33(14,17-26-21(24)19(3)4)32(12,13)34(27-22,28-30(6,7)8)29-31(9,10)11/h1,3,15-17H2,2,4-14H3. The van der Waals surface area contributed by atoms with E-state index >= 15 is 0 Å². The second kappa shape index (κ2) is 10.4. The average molecular weight is 563 g/mol. The van der Waals surface area contributed by atoms with Crippen LogP contribution in [0.2, 0.25) is 65.0 Å². The van der Waals surface area contributed by atoms with Crippen molar-refractivity contribution in [3.8, 4) is 0 Å². The van der Waals surface area contributed by atoms with Gasteiger partial charge in [-0.15, -0.1) is 0 Å². The number of esters is 2. The van der Waals surface area contributed by atoms with Gasteiger partial charge in [-0.2, -0.15) is 0 Å². The van der Waals surface area contributed by atoms with Crippen molar-refractivity contribution in [2.75, 3.05) is 12.8 Å². The molecule has 0 aromatic heterocycles. The molecule has 0 radical (unpaired) electrons. The molecule has 0 aliphatic carbocycles. The molecule has 34 heavy (non-hydrogen) atoms. The molecular weight excluding hydrogens is 517 g/mol. The number of carbonyl (C=O) groups excluding carboxylic acids is 2. The van der Waals surface area contributed by atoms with E-state index in [1.54, 1.807) is 13.8 Å². The molecule has 0 bridgehead atoms. The first-order valence-corrected chi connectivity index (χ1v) is 28.2. The van der Waals surface area contributed by atoms with Crippen molar-refractivity contribution in [3.63, 3.8) is 0 Å². The summed E-state index contributed by atoms with van der Waals surface area (Å²) in [6.07, 6.45) is 0.337. The molecule has 7 nitrogen and oxygen atoms in total. The monoisotopic (exact) mass is 562 g/mol. The number of hydrogen-bond acceptors (Lipinski definition) is 7. The Kier molecular flexibility index (Phi) is 9.61. The Morgan fingerprint density at radius 2 is 1.29 bits per heavy atom. The Hall–Kier alpha value is -0.616. The molecule has 0 aromatic rings. The maximum Gasteiger partial charge on any atom is 0.447 e. The van der Waals surface area contributed by atoms with Crippen molar-refractivity contribution >= 4 is 51.6 Å². The molecule has 196 valence electrons. The van der Waals surface area contributed by atoms with Crippen LogP contribution in [0.3, 0.4) is 0 Å². The van der Waals surface area contributed by atoms with Gasteiger partial charge >= 0.3 is 20.3 Å². The third-order valence-electron chi connectivity index (χ3n) is 6.03. The van der Waals surface area contributed by atoms with E-state index in [1.807, 2.05) is 6.92 Å². The van der Waals surface area contributed by atoms with Crippen molar-refractivity contribution in [1.82, 2.24) is 0 Å². The van der Waals surface area contributed by atoms with Crippen molar-refractivity contribution in [3.05, 3.63) is 24.3 Å². The first-order valence-electron chi connectivity index (χ1n) is 11.7. The first kappa shape index (κ1) is 31.4. The van der Waals surface area contributed by atoms with Gasteiger partial charge in [-0.1, -0.05) is 32.8 Å². The second-order valence-corrected chi connectivity index (χ2v) is 45.5. The highest BCUT2D eigenvalue weighted by atomic mass is 29.7. The SMILES string of the molecule is C=C(C)C(=O)OCC1(C)C[Si](C)(COC(=O)C(=C)C)[Si](C)(C)[Si](O[Si](C)(C)C)(O[Si](C)(C)C)O1. The van der Waals surface area contributed by atoms with Crippen LogP contribution in [0.15, 0.2) is 24.3 Å².